The molecule has 1 fully saturated rings. The van der Waals surface area contributed by atoms with Crippen LogP contribution in [-0.2, 0) is 4.74 Å². The molecule has 0 spiro atoms. The van der Waals surface area contributed by atoms with Crippen LogP contribution in [0, 0.1) is 0 Å². The second-order valence-electron chi connectivity index (χ2n) is 3.17. The Morgan fingerprint density at radius 2 is 2.33 bits per heavy atom. The fourth-order valence-corrected chi connectivity index (χ4v) is 1.37. The molecule has 2 amide bonds. The Morgan fingerprint density at radius 3 is 2.93 bits per heavy atom. The molecule has 1 rings (SSSR count). The first-order valence-electron chi connectivity index (χ1n) is 4.85. The number of hydrazine groups is 1. The van der Waals surface area contributed by atoms with Gasteiger partial charge < -0.3 is 15.4 Å². The van der Waals surface area contributed by atoms with Gasteiger partial charge >= 0.3 is 6.03 Å². The van der Waals surface area contributed by atoms with Gasteiger partial charge in [-0.1, -0.05) is 0 Å². The number of carbonyl (C=O) groups excluding carboxylic acids is 1. The maximum atomic E-state index is 10.8. The van der Waals surface area contributed by atoms with E-state index in [1.54, 1.807) is 0 Å². The molecule has 1 unspecified atom stereocenters. The quantitative estimate of drug-likeness (QED) is 0.380. The van der Waals surface area contributed by atoms with Crippen LogP contribution < -0.4 is 21.5 Å². The van der Waals surface area contributed by atoms with E-state index in [2.05, 4.69) is 21.5 Å². The van der Waals surface area contributed by atoms with Crippen LogP contribution in [0.15, 0.2) is 0 Å². The van der Waals surface area contributed by atoms with Crippen LogP contribution in [0.1, 0.15) is 12.8 Å². The van der Waals surface area contributed by atoms with Crippen molar-refractivity contribution in [2.45, 2.75) is 18.9 Å². The first-order valence-corrected chi connectivity index (χ1v) is 5.26. The van der Waals surface area contributed by atoms with Crippen LogP contribution in [0.2, 0.25) is 0 Å². The Balaban J connectivity index is 2.05. The molecular formula is C8H16N4O2S. The Kier molecular flexibility index (Phi) is 5.13. The van der Waals surface area contributed by atoms with Crippen molar-refractivity contribution in [2.24, 2.45) is 0 Å². The molecule has 0 aromatic carbocycles. The summed E-state index contributed by atoms with van der Waals surface area (Å²) in [5.74, 6) is 0. The van der Waals surface area contributed by atoms with Gasteiger partial charge in [0.25, 0.3) is 0 Å². The van der Waals surface area contributed by atoms with Crippen LogP contribution in [0.3, 0.4) is 0 Å². The number of urea groups is 1. The van der Waals surface area contributed by atoms with Crippen LogP contribution in [-0.4, -0.2) is 37.4 Å². The van der Waals surface area contributed by atoms with Crippen LogP contribution in [0.25, 0.3) is 0 Å². The van der Waals surface area contributed by atoms with E-state index in [-0.39, 0.29) is 12.1 Å². The molecule has 0 aliphatic carbocycles. The van der Waals surface area contributed by atoms with E-state index in [0.717, 1.165) is 19.4 Å². The fraction of sp³-hybridized carbons (Fsp3) is 0.750. The number of hydrogen-bond acceptors (Lipinski definition) is 3. The van der Waals surface area contributed by atoms with Crippen molar-refractivity contribution in [1.29, 1.82) is 0 Å². The zero-order valence-electron chi connectivity index (χ0n) is 8.63. The highest BCUT2D eigenvalue weighted by atomic mass is 32.1. The number of rotatable bonds is 2. The van der Waals surface area contributed by atoms with Crippen LogP contribution in [0.5, 0.6) is 0 Å². The van der Waals surface area contributed by atoms with Crippen molar-refractivity contribution in [3.63, 3.8) is 0 Å². The number of nitrogens with one attached hydrogen (secondary N) is 4. The molecule has 86 valence electrons. The average molecular weight is 232 g/mol. The third kappa shape index (κ3) is 4.80. The van der Waals surface area contributed by atoms with E-state index in [4.69, 9.17) is 17.0 Å². The highest BCUT2D eigenvalue weighted by Gasteiger charge is 2.15. The van der Waals surface area contributed by atoms with Gasteiger partial charge in [-0.15, -0.1) is 0 Å². The lowest BCUT2D eigenvalue weighted by Gasteiger charge is -2.14. The average Bonchev–Trinajstić information content (AvgIpc) is 2.75. The first kappa shape index (κ1) is 12.0. The Labute approximate surface area is 94.1 Å². The summed E-state index contributed by atoms with van der Waals surface area (Å²) in [6.07, 6.45) is 2.38. The molecule has 0 bridgehead atoms. The predicted molar refractivity (Wildman–Crippen MR) is 60.3 cm³/mol. The molecule has 1 heterocycles. The summed E-state index contributed by atoms with van der Waals surface area (Å²) in [4.78, 5) is 10.8. The highest BCUT2D eigenvalue weighted by molar-refractivity contribution is 7.80. The topological polar surface area (TPSA) is 74.4 Å². The van der Waals surface area contributed by atoms with Crippen molar-refractivity contribution in [1.82, 2.24) is 21.5 Å². The van der Waals surface area contributed by atoms with Gasteiger partial charge in [-0.3, -0.25) is 5.43 Å². The van der Waals surface area contributed by atoms with Crippen molar-refractivity contribution < 1.29 is 9.53 Å². The van der Waals surface area contributed by atoms with Crippen molar-refractivity contribution in [3.8, 4) is 0 Å². The molecule has 0 aromatic rings. The second-order valence-corrected chi connectivity index (χ2v) is 3.58. The minimum Gasteiger partial charge on any atom is -0.376 e. The third-order valence-corrected chi connectivity index (χ3v) is 2.28. The molecule has 0 saturated carbocycles. The van der Waals surface area contributed by atoms with Gasteiger partial charge in [-0.2, -0.15) is 0 Å². The van der Waals surface area contributed by atoms with E-state index >= 15 is 0 Å². The smallest absolute Gasteiger partial charge is 0.333 e. The van der Waals surface area contributed by atoms with Gasteiger partial charge in [0, 0.05) is 20.2 Å². The van der Waals surface area contributed by atoms with E-state index in [9.17, 15) is 4.79 Å². The lowest BCUT2D eigenvalue weighted by Crippen LogP contribution is -2.50. The summed E-state index contributed by atoms with van der Waals surface area (Å²) in [5, 5.41) is 5.73. The van der Waals surface area contributed by atoms with Crippen LogP contribution >= 0.6 is 12.2 Å². The van der Waals surface area contributed by atoms with Gasteiger partial charge in [0.15, 0.2) is 5.11 Å². The molecule has 7 heteroatoms. The third-order valence-electron chi connectivity index (χ3n) is 2.03. The lowest BCUT2D eigenvalue weighted by atomic mass is 10.2. The van der Waals surface area contributed by atoms with Gasteiger partial charge in [-0.25, -0.2) is 10.2 Å². The number of carbonyl (C=O) groups is 1. The number of amides is 2. The normalized spacial score (nSPS) is 19.4. The zero-order valence-corrected chi connectivity index (χ0v) is 9.45. The zero-order chi connectivity index (χ0) is 11.1. The van der Waals surface area contributed by atoms with Crippen molar-refractivity contribution in [3.05, 3.63) is 0 Å². The molecule has 1 saturated heterocycles. The molecule has 15 heavy (non-hydrogen) atoms. The molecule has 1 aliphatic heterocycles. The number of hydrogen-bond donors (Lipinski definition) is 4. The molecular weight excluding hydrogens is 216 g/mol. The SMILES string of the molecule is CNC(=O)NNC(=S)NCC1CCCO1. The Bertz CT molecular complexity index is 231. The molecule has 1 aliphatic rings. The van der Waals surface area contributed by atoms with E-state index in [1.165, 1.54) is 7.05 Å². The Hall–Kier alpha value is -1.08. The molecule has 0 radical (unpaired) electrons. The molecule has 0 aromatic heterocycles. The molecule has 4 N–H and O–H groups in total. The first-order chi connectivity index (χ1) is 7.22. The van der Waals surface area contributed by atoms with E-state index < -0.39 is 0 Å². The number of thiocarbonyl (C=S) groups is 1. The molecule has 1 atom stereocenters. The summed E-state index contributed by atoms with van der Waals surface area (Å²) < 4.78 is 5.40. The summed E-state index contributed by atoms with van der Waals surface area (Å²) in [7, 11) is 1.53. The Morgan fingerprint density at radius 1 is 1.53 bits per heavy atom. The van der Waals surface area contributed by atoms with Gasteiger partial charge in [0.05, 0.1) is 6.10 Å². The minimum absolute atomic E-state index is 0.227. The van der Waals surface area contributed by atoms with Crippen molar-refractivity contribution in [2.75, 3.05) is 20.2 Å². The summed E-state index contributed by atoms with van der Waals surface area (Å²) in [5.41, 5.74) is 4.92. The summed E-state index contributed by atoms with van der Waals surface area (Å²) in [6.45, 7) is 1.49. The van der Waals surface area contributed by atoms with Gasteiger partial charge in [0.1, 0.15) is 0 Å². The highest BCUT2D eigenvalue weighted by Crippen LogP contribution is 2.10. The maximum Gasteiger partial charge on any atom is 0.333 e. The predicted octanol–water partition coefficient (Wildman–Crippen LogP) is -0.526. The largest absolute Gasteiger partial charge is 0.376 e. The maximum absolute atomic E-state index is 10.8. The van der Waals surface area contributed by atoms with Gasteiger partial charge in [0.2, 0.25) is 0 Å². The number of ether oxygens (including phenoxy) is 1. The van der Waals surface area contributed by atoms with Crippen molar-refractivity contribution >= 4 is 23.4 Å². The van der Waals surface area contributed by atoms with Gasteiger partial charge in [-0.05, 0) is 25.1 Å². The van der Waals surface area contributed by atoms with E-state index in [1.807, 2.05) is 0 Å². The summed E-state index contributed by atoms with van der Waals surface area (Å²) >= 11 is 4.93. The van der Waals surface area contributed by atoms with E-state index in [0.29, 0.717) is 11.7 Å². The fourth-order valence-electron chi connectivity index (χ4n) is 1.23. The standard InChI is InChI=1S/C8H16N4O2S/c1-9-7(13)11-12-8(15)10-5-6-3-2-4-14-6/h6H,2-5H2,1H3,(H2,9,11,13)(H2,10,12,15). The summed E-state index contributed by atoms with van der Waals surface area (Å²) in [6, 6.07) is -0.337. The monoisotopic (exact) mass is 232 g/mol. The molecule has 6 nitrogen and oxygen atoms in total. The minimum atomic E-state index is -0.337. The second kappa shape index (κ2) is 6.41. The van der Waals surface area contributed by atoms with Crippen LogP contribution in [0.4, 0.5) is 4.79 Å². The lowest BCUT2D eigenvalue weighted by molar-refractivity contribution is 0.114.